The molecule has 1 fully saturated rings. The molecule has 0 unspecified atom stereocenters. The number of hydrogen-bond donors (Lipinski definition) is 2. The predicted octanol–water partition coefficient (Wildman–Crippen LogP) is 0.0914. The molecule has 1 saturated heterocycles. The summed E-state index contributed by atoms with van der Waals surface area (Å²) in [5.74, 6) is -0.140. The summed E-state index contributed by atoms with van der Waals surface area (Å²) in [7, 11) is 0. The third-order valence-corrected chi connectivity index (χ3v) is 3.39. The zero-order chi connectivity index (χ0) is 14.7. The van der Waals surface area contributed by atoms with Gasteiger partial charge in [0.25, 0.3) is 5.69 Å². The van der Waals surface area contributed by atoms with Crippen LogP contribution in [0.4, 0.5) is 5.69 Å². The summed E-state index contributed by atoms with van der Waals surface area (Å²) >= 11 is 0. The van der Waals surface area contributed by atoms with Crippen molar-refractivity contribution in [1.29, 1.82) is 0 Å². The lowest BCUT2D eigenvalue weighted by atomic mass is 10.1. The predicted molar refractivity (Wildman–Crippen MR) is 70.0 cm³/mol. The molecule has 2 rings (SSSR count). The Morgan fingerprint density at radius 3 is 2.30 bits per heavy atom. The second-order valence-electron chi connectivity index (χ2n) is 4.86. The van der Waals surface area contributed by atoms with Gasteiger partial charge in [-0.2, -0.15) is 0 Å². The molecule has 2 atom stereocenters. The van der Waals surface area contributed by atoms with Crippen LogP contribution in [-0.4, -0.2) is 51.2 Å². The molecule has 0 saturated carbocycles. The number of nitro benzene ring substituents is 1. The van der Waals surface area contributed by atoms with Crippen LogP contribution in [0.2, 0.25) is 0 Å². The number of hydrogen-bond acceptors (Lipinski definition) is 5. The molecule has 0 spiro atoms. The molecule has 108 valence electrons. The number of likely N-dealkylation sites (tertiary alicyclic amines) is 1. The molecule has 0 aliphatic carbocycles. The van der Waals surface area contributed by atoms with Crippen LogP contribution in [0.1, 0.15) is 12.0 Å². The van der Waals surface area contributed by atoms with E-state index in [9.17, 15) is 25.1 Å². The van der Waals surface area contributed by atoms with Crippen LogP contribution in [0.15, 0.2) is 24.3 Å². The van der Waals surface area contributed by atoms with Gasteiger partial charge in [-0.05, 0) is 12.0 Å². The van der Waals surface area contributed by atoms with E-state index in [1.54, 1.807) is 12.1 Å². The molecule has 1 amide bonds. The van der Waals surface area contributed by atoms with Crippen molar-refractivity contribution in [3.8, 4) is 0 Å². The maximum absolute atomic E-state index is 11.9. The van der Waals surface area contributed by atoms with Crippen molar-refractivity contribution in [2.24, 2.45) is 0 Å². The summed E-state index contributed by atoms with van der Waals surface area (Å²) in [4.78, 5) is 23.4. The number of rotatable bonds is 4. The molecule has 2 N–H and O–H groups in total. The first-order valence-electron chi connectivity index (χ1n) is 6.34. The number of carbonyl (C=O) groups excluding carboxylic acids is 1. The fraction of sp³-hybridized carbons (Fsp3) is 0.462. The van der Waals surface area contributed by atoms with Gasteiger partial charge in [-0.1, -0.05) is 12.1 Å². The first kappa shape index (κ1) is 14.4. The third-order valence-electron chi connectivity index (χ3n) is 3.39. The van der Waals surface area contributed by atoms with Crippen molar-refractivity contribution in [3.05, 3.63) is 39.9 Å². The summed E-state index contributed by atoms with van der Waals surface area (Å²) in [5, 5.41) is 29.3. The Morgan fingerprint density at radius 1 is 1.25 bits per heavy atom. The summed E-state index contributed by atoms with van der Waals surface area (Å²) in [6.45, 7) is 0.306. The van der Waals surface area contributed by atoms with E-state index >= 15 is 0 Å². The third kappa shape index (κ3) is 3.31. The molecule has 1 heterocycles. The number of benzene rings is 1. The van der Waals surface area contributed by atoms with Gasteiger partial charge < -0.3 is 15.1 Å². The number of nitrogens with zero attached hydrogens (tertiary/aromatic N) is 2. The average Bonchev–Trinajstić information content (AvgIpc) is 2.76. The lowest BCUT2D eigenvalue weighted by Crippen LogP contribution is -2.29. The monoisotopic (exact) mass is 280 g/mol. The molecule has 1 aromatic carbocycles. The highest BCUT2D eigenvalue weighted by Gasteiger charge is 2.31. The zero-order valence-electron chi connectivity index (χ0n) is 10.8. The van der Waals surface area contributed by atoms with Gasteiger partial charge in [0.2, 0.25) is 5.91 Å². The highest BCUT2D eigenvalue weighted by atomic mass is 16.6. The Labute approximate surface area is 115 Å². The number of nitro groups is 1. The molecular formula is C13H16N2O5. The highest BCUT2D eigenvalue weighted by molar-refractivity contribution is 5.77. The average molecular weight is 280 g/mol. The van der Waals surface area contributed by atoms with Crippen molar-refractivity contribution < 1.29 is 19.9 Å². The maximum atomic E-state index is 11.9. The Kier molecular flexibility index (Phi) is 4.31. The summed E-state index contributed by atoms with van der Waals surface area (Å²) in [6, 6.07) is 6.06. The Hall–Kier alpha value is -1.99. The number of non-ortho nitro benzene ring substituents is 1. The molecule has 0 bridgehead atoms. The van der Waals surface area contributed by atoms with Crippen molar-refractivity contribution >= 4 is 11.6 Å². The van der Waals surface area contributed by atoms with Gasteiger partial charge >= 0.3 is 0 Å². The normalized spacial score (nSPS) is 22.0. The molecule has 1 aliphatic rings. The summed E-state index contributed by atoms with van der Waals surface area (Å²) < 4.78 is 0. The number of aliphatic hydroxyl groups is 2. The van der Waals surface area contributed by atoms with Crippen LogP contribution in [0.3, 0.4) is 0 Å². The van der Waals surface area contributed by atoms with E-state index in [0.29, 0.717) is 6.42 Å². The molecular weight excluding hydrogens is 264 g/mol. The quantitative estimate of drug-likeness (QED) is 0.601. The molecule has 7 heteroatoms. The van der Waals surface area contributed by atoms with Gasteiger partial charge in [-0.3, -0.25) is 14.9 Å². The second-order valence-corrected chi connectivity index (χ2v) is 4.86. The Bertz CT molecular complexity index is 492. The topological polar surface area (TPSA) is 104 Å². The van der Waals surface area contributed by atoms with E-state index in [4.69, 9.17) is 0 Å². The zero-order valence-corrected chi connectivity index (χ0v) is 10.8. The number of β-amino-alcohol motifs (C(OH)–C–C–N with tert-alkyl or cyclic N) is 2. The SMILES string of the molecule is O=C(CCc1ccc([N+](=O)[O-])cc1)N1C[C@H](O)[C@@H](O)C1. The first-order valence-corrected chi connectivity index (χ1v) is 6.34. The number of aliphatic hydroxyl groups excluding tert-OH is 2. The van der Waals surface area contributed by atoms with E-state index in [1.165, 1.54) is 17.0 Å². The summed E-state index contributed by atoms with van der Waals surface area (Å²) in [6.07, 6.45) is -1.03. The standard InChI is InChI=1S/C13H16N2O5/c16-11-7-14(8-12(11)17)13(18)6-3-9-1-4-10(5-2-9)15(19)20/h1-2,4-5,11-12,16-17H,3,6-8H2/t11-,12-/m0/s1. The van der Waals surface area contributed by atoms with Crippen LogP contribution in [0, 0.1) is 10.1 Å². The van der Waals surface area contributed by atoms with Crippen molar-refractivity contribution in [3.63, 3.8) is 0 Å². The minimum atomic E-state index is -0.877. The van der Waals surface area contributed by atoms with Crippen molar-refractivity contribution in [1.82, 2.24) is 4.90 Å². The molecule has 7 nitrogen and oxygen atoms in total. The first-order chi connectivity index (χ1) is 9.47. The van der Waals surface area contributed by atoms with E-state index in [1.807, 2.05) is 0 Å². The van der Waals surface area contributed by atoms with Crippen LogP contribution >= 0.6 is 0 Å². The van der Waals surface area contributed by atoms with Gasteiger partial charge in [-0.15, -0.1) is 0 Å². The van der Waals surface area contributed by atoms with E-state index in [-0.39, 0.29) is 31.1 Å². The molecule has 20 heavy (non-hydrogen) atoms. The molecule has 0 radical (unpaired) electrons. The van der Waals surface area contributed by atoms with Crippen LogP contribution in [0.25, 0.3) is 0 Å². The smallest absolute Gasteiger partial charge is 0.269 e. The molecule has 1 aromatic rings. The minimum Gasteiger partial charge on any atom is -0.388 e. The van der Waals surface area contributed by atoms with Gasteiger partial charge in [-0.25, -0.2) is 0 Å². The van der Waals surface area contributed by atoms with Crippen molar-refractivity contribution in [2.75, 3.05) is 13.1 Å². The van der Waals surface area contributed by atoms with E-state index in [0.717, 1.165) is 5.56 Å². The van der Waals surface area contributed by atoms with Gasteiger partial charge in [0, 0.05) is 31.6 Å². The largest absolute Gasteiger partial charge is 0.388 e. The second kappa shape index (κ2) is 5.98. The van der Waals surface area contributed by atoms with Crippen LogP contribution < -0.4 is 0 Å². The highest BCUT2D eigenvalue weighted by Crippen LogP contribution is 2.15. The van der Waals surface area contributed by atoms with E-state index in [2.05, 4.69) is 0 Å². The van der Waals surface area contributed by atoms with Crippen LogP contribution in [-0.2, 0) is 11.2 Å². The fourth-order valence-corrected chi connectivity index (χ4v) is 2.17. The molecule has 0 aromatic heterocycles. The number of carbonyl (C=O) groups is 1. The number of aryl methyl sites for hydroxylation is 1. The maximum Gasteiger partial charge on any atom is 0.269 e. The minimum absolute atomic E-state index is 0.0193. The summed E-state index contributed by atoms with van der Waals surface area (Å²) in [5.41, 5.74) is 0.857. The lowest BCUT2D eigenvalue weighted by Gasteiger charge is -2.15. The van der Waals surface area contributed by atoms with Gasteiger partial charge in [0.1, 0.15) is 0 Å². The van der Waals surface area contributed by atoms with Gasteiger partial charge in [0.05, 0.1) is 17.1 Å². The van der Waals surface area contributed by atoms with Gasteiger partial charge in [0.15, 0.2) is 0 Å². The lowest BCUT2D eigenvalue weighted by molar-refractivity contribution is -0.384. The fourth-order valence-electron chi connectivity index (χ4n) is 2.17. The van der Waals surface area contributed by atoms with E-state index < -0.39 is 17.1 Å². The van der Waals surface area contributed by atoms with Crippen LogP contribution in [0.5, 0.6) is 0 Å². The Morgan fingerprint density at radius 2 is 1.80 bits per heavy atom. The van der Waals surface area contributed by atoms with Crippen molar-refractivity contribution in [2.45, 2.75) is 25.0 Å². The Balaban J connectivity index is 1.86. The number of amides is 1. The molecule has 1 aliphatic heterocycles.